The zero-order valence-corrected chi connectivity index (χ0v) is 31.5. The highest BCUT2D eigenvalue weighted by Gasteiger charge is 2.07. The smallest absolute Gasteiger partial charge is 0.000439 e. The maximum atomic E-state index is 2.44. The highest BCUT2D eigenvalue weighted by atomic mass is 15.0. The van der Waals surface area contributed by atoms with Gasteiger partial charge in [0.25, 0.3) is 0 Å². The molecule has 0 spiro atoms. The predicted octanol–water partition coefficient (Wildman–Crippen LogP) is 15.0. The fourth-order valence-corrected chi connectivity index (χ4v) is 5.74. The molecule has 0 aliphatic carbocycles. The Morgan fingerprint density at radius 2 is 0.535 bits per heavy atom. The fourth-order valence-electron chi connectivity index (χ4n) is 5.74. The minimum Gasteiger partial charge on any atom is -0.312 e. The van der Waals surface area contributed by atoms with Crippen LogP contribution < -0.4 is 0 Å². The Bertz CT molecular complexity index is 496. The summed E-state index contributed by atoms with van der Waals surface area (Å²) in [6.45, 7) is 9.32. The van der Waals surface area contributed by atoms with E-state index in [0.717, 1.165) is 0 Å². The zero-order chi connectivity index (χ0) is 32.1. The van der Waals surface area contributed by atoms with Crippen molar-refractivity contribution in [1.29, 1.82) is 0 Å². The van der Waals surface area contributed by atoms with E-state index in [1.165, 1.54) is 193 Å². The second-order valence-corrected chi connectivity index (χ2v) is 14.7. The topological polar surface area (TPSA) is 3.24 Å². The molecule has 0 N–H and O–H groups in total. The van der Waals surface area contributed by atoms with Crippen LogP contribution in [0.1, 0.15) is 220 Å². The number of hydrogen-bond acceptors (Lipinski definition) is 1. The summed E-state index contributed by atoms with van der Waals surface area (Å²) in [5.74, 6) is 0. The molecular weight excluding hydrogens is 518 g/mol. The monoisotopic (exact) mass is 604 g/mol. The Morgan fingerprint density at radius 1 is 0.349 bits per heavy atom. The third kappa shape index (κ3) is 46.0. The Balaban J connectivity index is 0. The van der Waals surface area contributed by atoms with E-state index >= 15 is 0 Å². The van der Waals surface area contributed by atoms with Crippen LogP contribution in [0.3, 0.4) is 0 Å². The predicted molar refractivity (Wildman–Crippen MR) is 202 cm³/mol. The van der Waals surface area contributed by atoms with Crippen LogP contribution in [0.4, 0.5) is 0 Å². The molecular formula is C42H85N. The summed E-state index contributed by atoms with van der Waals surface area (Å²) < 4.78 is 0. The van der Waals surface area contributed by atoms with Gasteiger partial charge >= 0.3 is 0 Å². The molecule has 0 aromatic carbocycles. The zero-order valence-electron chi connectivity index (χ0n) is 31.5. The molecule has 0 unspecified atom stereocenters. The number of allylic oxidation sites excluding steroid dienone is 4. The quantitative estimate of drug-likeness (QED) is 0.0546. The second-order valence-electron chi connectivity index (χ2n) is 14.7. The summed E-state index contributed by atoms with van der Waals surface area (Å²) in [4.78, 5) is 2.00. The Labute approximate surface area is 275 Å². The number of rotatable bonds is 32. The molecule has 0 aliphatic rings. The molecule has 0 rings (SSSR count). The van der Waals surface area contributed by atoms with Crippen LogP contribution in [0.5, 0.6) is 0 Å². The van der Waals surface area contributed by atoms with Gasteiger partial charge in [0.1, 0.15) is 0 Å². The fraction of sp³-hybridized carbons (Fsp3) is 0.905. The van der Waals surface area contributed by atoms with Gasteiger partial charge in [-0.15, -0.1) is 0 Å². The summed E-state index contributed by atoms with van der Waals surface area (Å²) in [5.41, 5.74) is 0.214. The van der Waals surface area contributed by atoms with Gasteiger partial charge in [-0.05, 0) is 46.8 Å². The third-order valence-corrected chi connectivity index (χ3v) is 8.54. The normalized spacial score (nSPS) is 12.1. The van der Waals surface area contributed by atoms with Gasteiger partial charge < -0.3 is 4.90 Å². The van der Waals surface area contributed by atoms with Gasteiger partial charge in [0.05, 0.1) is 0 Å². The molecule has 0 aromatic rings. The van der Waals surface area contributed by atoms with Crippen LogP contribution >= 0.6 is 0 Å². The van der Waals surface area contributed by atoms with Crippen molar-refractivity contribution in [2.75, 3.05) is 21.1 Å². The Morgan fingerprint density at radius 3 is 0.744 bits per heavy atom. The van der Waals surface area contributed by atoms with E-state index in [0.29, 0.717) is 0 Å². The summed E-state index contributed by atoms with van der Waals surface area (Å²) in [6.07, 6.45) is 52.7. The highest BCUT2D eigenvalue weighted by molar-refractivity contribution is 5.07. The van der Waals surface area contributed by atoms with Crippen LogP contribution in [0.15, 0.2) is 24.3 Å². The molecule has 1 nitrogen and oxygen atoms in total. The first-order chi connectivity index (χ1) is 20.9. The van der Waals surface area contributed by atoms with Gasteiger partial charge in [-0.1, -0.05) is 219 Å². The molecule has 0 heterocycles. The molecule has 0 aromatic heterocycles. The van der Waals surface area contributed by atoms with E-state index in [-0.39, 0.29) is 5.41 Å². The van der Waals surface area contributed by atoms with Crippen molar-refractivity contribution in [2.24, 2.45) is 5.41 Å². The van der Waals surface area contributed by atoms with Crippen molar-refractivity contribution in [1.82, 2.24) is 4.90 Å². The molecule has 0 saturated carbocycles. The van der Waals surface area contributed by atoms with E-state index in [1.54, 1.807) is 0 Å². The van der Waals surface area contributed by atoms with Crippen LogP contribution in [-0.4, -0.2) is 26.0 Å². The van der Waals surface area contributed by atoms with Gasteiger partial charge in [-0.2, -0.15) is 0 Å². The molecule has 0 saturated heterocycles. The van der Waals surface area contributed by atoms with Crippen molar-refractivity contribution in [3.8, 4) is 0 Å². The lowest BCUT2D eigenvalue weighted by atomic mass is 9.91. The minimum absolute atomic E-state index is 0.214. The number of nitrogens with zero attached hydrogens (tertiary/aromatic N) is 1. The molecule has 1 heteroatoms. The maximum absolute atomic E-state index is 2.44. The molecule has 0 fully saturated rings. The van der Waals surface area contributed by atoms with Crippen molar-refractivity contribution in [2.45, 2.75) is 220 Å². The van der Waals surface area contributed by atoms with Crippen LogP contribution in [0.25, 0.3) is 0 Å². The standard InChI is InChI=1S/C39H76.C3H9N/c1-5-7-9-11-13-15-17-19-21-23-25-27-29-31-33-35-37-39(3,4)38-36-34-32-30-28-26-24-22-20-18-16-14-12-10-8-6-2;1-4(2)3/h35-38H,5-34H2,1-4H3;1-3H3. The molecule has 43 heavy (non-hydrogen) atoms. The van der Waals surface area contributed by atoms with Crippen molar-refractivity contribution in [3.05, 3.63) is 24.3 Å². The van der Waals surface area contributed by atoms with Gasteiger partial charge in [0.15, 0.2) is 0 Å². The third-order valence-electron chi connectivity index (χ3n) is 8.54. The summed E-state index contributed by atoms with van der Waals surface area (Å²) >= 11 is 0. The molecule has 0 radical (unpaired) electrons. The minimum atomic E-state index is 0.214. The number of unbranched alkanes of at least 4 members (excludes halogenated alkanes) is 28. The molecule has 0 amide bonds. The largest absolute Gasteiger partial charge is 0.312 e. The SMILES string of the molecule is CCCCCCCCCCCCCCCCC=CC(C)(C)C=CCCCCCCCCCCCCCCCC.CN(C)C. The van der Waals surface area contributed by atoms with Gasteiger partial charge in [-0.25, -0.2) is 0 Å². The molecule has 0 aliphatic heterocycles. The van der Waals surface area contributed by atoms with E-state index in [1.807, 2.05) is 26.0 Å². The van der Waals surface area contributed by atoms with Gasteiger partial charge in [0.2, 0.25) is 0 Å². The average molecular weight is 604 g/mol. The number of hydrogen-bond donors (Lipinski definition) is 0. The van der Waals surface area contributed by atoms with E-state index in [2.05, 4.69) is 52.0 Å². The van der Waals surface area contributed by atoms with Crippen molar-refractivity contribution in [3.63, 3.8) is 0 Å². The van der Waals surface area contributed by atoms with E-state index in [9.17, 15) is 0 Å². The van der Waals surface area contributed by atoms with Crippen LogP contribution in [-0.2, 0) is 0 Å². The van der Waals surface area contributed by atoms with Crippen molar-refractivity contribution >= 4 is 0 Å². The lowest BCUT2D eigenvalue weighted by molar-refractivity contribution is 0.505. The van der Waals surface area contributed by atoms with Crippen molar-refractivity contribution < 1.29 is 0 Å². The highest BCUT2D eigenvalue weighted by Crippen LogP contribution is 2.21. The molecule has 0 atom stereocenters. The van der Waals surface area contributed by atoms with Crippen LogP contribution in [0.2, 0.25) is 0 Å². The van der Waals surface area contributed by atoms with Gasteiger partial charge in [0, 0.05) is 5.41 Å². The maximum Gasteiger partial charge on any atom is 0.000439 e. The lowest BCUT2D eigenvalue weighted by Gasteiger charge is -2.14. The van der Waals surface area contributed by atoms with E-state index < -0.39 is 0 Å². The summed E-state index contributed by atoms with van der Waals surface area (Å²) in [5, 5.41) is 0. The average Bonchev–Trinajstić information content (AvgIpc) is 2.96. The summed E-state index contributed by atoms with van der Waals surface area (Å²) in [7, 11) is 6.00. The summed E-state index contributed by atoms with van der Waals surface area (Å²) in [6, 6.07) is 0. The first-order valence-corrected chi connectivity index (χ1v) is 19.8. The Hall–Kier alpha value is -0.560. The van der Waals surface area contributed by atoms with E-state index in [4.69, 9.17) is 0 Å². The first-order valence-electron chi connectivity index (χ1n) is 19.8. The first kappa shape index (κ1) is 44.6. The molecule has 0 bridgehead atoms. The lowest BCUT2D eigenvalue weighted by Crippen LogP contribution is -2.01. The Kier molecular flexibility index (Phi) is 39.0. The molecule has 258 valence electrons. The van der Waals surface area contributed by atoms with Gasteiger partial charge in [-0.3, -0.25) is 0 Å². The van der Waals surface area contributed by atoms with Crippen LogP contribution in [0, 0.1) is 5.41 Å². The second kappa shape index (κ2) is 37.6.